The second kappa shape index (κ2) is 7.10. The van der Waals surface area contributed by atoms with Crippen LogP contribution in [0.25, 0.3) is 5.76 Å². The van der Waals surface area contributed by atoms with Crippen LogP contribution in [0.4, 0.5) is 0 Å². The SMILES string of the molecule is Cc1ccc([C@@H]2C(CN(C)C)=C(c3cccs3)Oc3ccccc32)cc1. The van der Waals surface area contributed by atoms with E-state index in [0.29, 0.717) is 0 Å². The maximum absolute atomic E-state index is 6.43. The molecular formula is C23H23NOS. The van der Waals surface area contributed by atoms with Crippen molar-refractivity contribution in [1.82, 2.24) is 4.90 Å². The smallest absolute Gasteiger partial charge is 0.146 e. The fraction of sp³-hybridized carbons (Fsp3) is 0.217. The topological polar surface area (TPSA) is 12.5 Å². The summed E-state index contributed by atoms with van der Waals surface area (Å²) < 4.78 is 6.43. The molecule has 1 aromatic heterocycles. The summed E-state index contributed by atoms with van der Waals surface area (Å²) in [4.78, 5) is 3.41. The Hall–Kier alpha value is -2.36. The molecule has 0 amide bonds. The molecule has 0 saturated heterocycles. The van der Waals surface area contributed by atoms with Crippen molar-refractivity contribution >= 4 is 17.1 Å². The maximum atomic E-state index is 6.43. The third-order valence-corrected chi connectivity index (χ3v) is 5.59. The molecule has 26 heavy (non-hydrogen) atoms. The molecular weight excluding hydrogens is 338 g/mol. The van der Waals surface area contributed by atoms with Gasteiger partial charge in [-0.15, -0.1) is 11.3 Å². The van der Waals surface area contributed by atoms with Gasteiger partial charge >= 0.3 is 0 Å². The molecule has 1 atom stereocenters. The van der Waals surface area contributed by atoms with E-state index in [9.17, 15) is 0 Å². The number of aryl methyl sites for hydroxylation is 1. The number of likely N-dealkylation sites (N-methyl/N-ethyl adjacent to an activating group) is 1. The van der Waals surface area contributed by atoms with Crippen LogP contribution in [-0.4, -0.2) is 25.5 Å². The highest BCUT2D eigenvalue weighted by molar-refractivity contribution is 7.11. The summed E-state index contributed by atoms with van der Waals surface area (Å²) in [6, 6.07) is 21.6. The maximum Gasteiger partial charge on any atom is 0.146 e. The minimum atomic E-state index is 0.208. The van der Waals surface area contributed by atoms with Crippen molar-refractivity contribution in [2.75, 3.05) is 20.6 Å². The monoisotopic (exact) mass is 361 g/mol. The lowest BCUT2D eigenvalue weighted by Gasteiger charge is -2.32. The van der Waals surface area contributed by atoms with Gasteiger partial charge in [0, 0.05) is 18.0 Å². The van der Waals surface area contributed by atoms with Crippen molar-refractivity contribution in [1.29, 1.82) is 0 Å². The molecule has 3 heteroatoms. The van der Waals surface area contributed by atoms with Crippen LogP contribution in [0.2, 0.25) is 0 Å². The normalized spacial score (nSPS) is 16.5. The van der Waals surface area contributed by atoms with Crippen LogP contribution in [0.5, 0.6) is 5.75 Å². The Balaban J connectivity index is 1.94. The van der Waals surface area contributed by atoms with E-state index in [-0.39, 0.29) is 5.92 Å². The van der Waals surface area contributed by atoms with Crippen LogP contribution in [0, 0.1) is 6.92 Å². The number of ether oxygens (including phenoxy) is 1. The van der Waals surface area contributed by atoms with E-state index in [0.717, 1.165) is 18.1 Å². The number of para-hydroxylation sites is 1. The molecule has 2 nitrogen and oxygen atoms in total. The van der Waals surface area contributed by atoms with Gasteiger partial charge in [0.15, 0.2) is 0 Å². The summed E-state index contributed by atoms with van der Waals surface area (Å²) in [6.45, 7) is 3.00. The molecule has 0 saturated carbocycles. The predicted octanol–water partition coefficient (Wildman–Crippen LogP) is 5.55. The van der Waals surface area contributed by atoms with E-state index >= 15 is 0 Å². The summed E-state index contributed by atoms with van der Waals surface area (Å²) in [7, 11) is 4.23. The molecule has 0 unspecified atom stereocenters. The van der Waals surface area contributed by atoms with Crippen molar-refractivity contribution in [3.63, 3.8) is 0 Å². The zero-order valence-corrected chi connectivity index (χ0v) is 16.2. The number of benzene rings is 2. The molecule has 1 aliphatic rings. The fourth-order valence-electron chi connectivity index (χ4n) is 3.57. The van der Waals surface area contributed by atoms with Crippen LogP contribution in [0.15, 0.2) is 71.6 Å². The zero-order valence-electron chi connectivity index (χ0n) is 15.4. The predicted molar refractivity (Wildman–Crippen MR) is 110 cm³/mol. The van der Waals surface area contributed by atoms with Gasteiger partial charge in [0.25, 0.3) is 0 Å². The first-order valence-electron chi connectivity index (χ1n) is 8.88. The van der Waals surface area contributed by atoms with E-state index in [1.165, 1.54) is 27.1 Å². The molecule has 3 aromatic rings. The molecule has 0 fully saturated rings. The summed E-state index contributed by atoms with van der Waals surface area (Å²) in [6.07, 6.45) is 0. The highest BCUT2D eigenvalue weighted by Crippen LogP contribution is 2.46. The Morgan fingerprint density at radius 1 is 0.962 bits per heavy atom. The second-order valence-corrected chi connectivity index (χ2v) is 8.00. The molecule has 2 aromatic carbocycles. The van der Waals surface area contributed by atoms with Gasteiger partial charge in [-0.05, 0) is 49.7 Å². The van der Waals surface area contributed by atoms with Crippen LogP contribution in [-0.2, 0) is 0 Å². The Morgan fingerprint density at radius 3 is 2.42 bits per heavy atom. The number of thiophene rings is 1. The Bertz CT molecular complexity index is 923. The summed E-state index contributed by atoms with van der Waals surface area (Å²) in [5, 5.41) is 2.11. The molecule has 4 rings (SSSR count). The standard InChI is InChI=1S/C23H23NOS/c1-16-10-12-17(13-11-16)22-18-7-4-5-8-20(18)25-23(19(22)15-24(2)3)21-9-6-14-26-21/h4-14,22H,15H2,1-3H3/t22-/m0/s1. The number of hydrogen-bond donors (Lipinski definition) is 0. The van der Waals surface area contributed by atoms with Gasteiger partial charge in [0.2, 0.25) is 0 Å². The van der Waals surface area contributed by atoms with E-state index < -0.39 is 0 Å². The van der Waals surface area contributed by atoms with E-state index in [1.54, 1.807) is 11.3 Å². The Kier molecular flexibility index (Phi) is 4.66. The van der Waals surface area contributed by atoms with Gasteiger partial charge in [0.1, 0.15) is 11.5 Å². The van der Waals surface area contributed by atoms with E-state index in [4.69, 9.17) is 4.74 Å². The molecule has 0 aliphatic carbocycles. The minimum Gasteiger partial charge on any atom is -0.456 e. The van der Waals surface area contributed by atoms with Gasteiger partial charge in [-0.3, -0.25) is 0 Å². The third kappa shape index (κ3) is 3.20. The third-order valence-electron chi connectivity index (χ3n) is 4.72. The van der Waals surface area contributed by atoms with Crippen molar-refractivity contribution in [3.05, 3.63) is 93.2 Å². The molecule has 0 bridgehead atoms. The van der Waals surface area contributed by atoms with Gasteiger partial charge in [-0.1, -0.05) is 54.1 Å². The number of rotatable bonds is 4. The van der Waals surface area contributed by atoms with E-state index in [1.807, 2.05) is 6.07 Å². The van der Waals surface area contributed by atoms with Crippen LogP contribution in [0.3, 0.4) is 0 Å². The summed E-state index contributed by atoms with van der Waals surface area (Å²) in [5.74, 6) is 2.18. The van der Waals surface area contributed by atoms with Crippen LogP contribution in [0.1, 0.15) is 27.5 Å². The van der Waals surface area contributed by atoms with Gasteiger partial charge in [-0.2, -0.15) is 0 Å². The lowest BCUT2D eigenvalue weighted by molar-refractivity contribution is 0.415. The zero-order chi connectivity index (χ0) is 18.1. The van der Waals surface area contributed by atoms with E-state index in [2.05, 4.69) is 85.9 Å². The summed E-state index contributed by atoms with van der Waals surface area (Å²) in [5.41, 5.74) is 5.16. The average molecular weight is 362 g/mol. The number of nitrogens with zero attached hydrogens (tertiary/aromatic N) is 1. The quantitative estimate of drug-likeness (QED) is 0.604. The highest BCUT2D eigenvalue weighted by Gasteiger charge is 2.32. The molecule has 0 spiro atoms. The highest BCUT2D eigenvalue weighted by atomic mass is 32.1. The molecule has 1 aliphatic heterocycles. The van der Waals surface area contributed by atoms with Crippen LogP contribution >= 0.6 is 11.3 Å². The Labute approximate surface area is 159 Å². The molecule has 2 heterocycles. The van der Waals surface area contributed by atoms with Gasteiger partial charge in [0.05, 0.1) is 4.88 Å². The lowest BCUT2D eigenvalue weighted by Crippen LogP contribution is -2.25. The van der Waals surface area contributed by atoms with Crippen molar-refractivity contribution in [2.24, 2.45) is 0 Å². The van der Waals surface area contributed by atoms with Crippen molar-refractivity contribution in [3.8, 4) is 5.75 Å². The first kappa shape index (κ1) is 17.1. The van der Waals surface area contributed by atoms with Gasteiger partial charge in [-0.25, -0.2) is 0 Å². The first-order valence-corrected chi connectivity index (χ1v) is 9.76. The fourth-order valence-corrected chi connectivity index (χ4v) is 4.31. The Morgan fingerprint density at radius 2 is 1.73 bits per heavy atom. The molecule has 0 N–H and O–H groups in total. The average Bonchev–Trinajstić information content (AvgIpc) is 3.16. The largest absolute Gasteiger partial charge is 0.456 e. The number of fused-ring (bicyclic) bond motifs is 1. The van der Waals surface area contributed by atoms with Gasteiger partial charge < -0.3 is 9.64 Å². The minimum absolute atomic E-state index is 0.208. The molecule has 0 radical (unpaired) electrons. The summed E-state index contributed by atoms with van der Waals surface area (Å²) >= 11 is 1.73. The van der Waals surface area contributed by atoms with Crippen LogP contribution < -0.4 is 4.74 Å². The second-order valence-electron chi connectivity index (χ2n) is 7.05. The lowest BCUT2D eigenvalue weighted by atomic mass is 9.81. The molecule has 132 valence electrons. The van der Waals surface area contributed by atoms with Crippen molar-refractivity contribution in [2.45, 2.75) is 12.8 Å². The number of hydrogen-bond acceptors (Lipinski definition) is 3. The van der Waals surface area contributed by atoms with Crippen molar-refractivity contribution < 1.29 is 4.74 Å². The first-order chi connectivity index (χ1) is 12.6.